The molecule has 0 aromatic heterocycles. The van der Waals surface area contributed by atoms with Crippen LogP contribution in [0.15, 0.2) is 54.6 Å². The van der Waals surface area contributed by atoms with Crippen LogP contribution in [0, 0.1) is 6.92 Å². The summed E-state index contributed by atoms with van der Waals surface area (Å²) in [5.41, 5.74) is 4.06. The summed E-state index contributed by atoms with van der Waals surface area (Å²) in [4.78, 5) is 0. The van der Waals surface area contributed by atoms with Crippen LogP contribution in [0.25, 0.3) is 0 Å². The summed E-state index contributed by atoms with van der Waals surface area (Å²) in [5, 5.41) is 19.8. The number of aromatic hydroxyl groups is 2. The lowest BCUT2D eigenvalue weighted by Gasteiger charge is -2.35. The summed E-state index contributed by atoms with van der Waals surface area (Å²) in [6, 6.07) is 17.0. The average molecular weight is 392 g/mol. The van der Waals surface area contributed by atoms with Crippen molar-refractivity contribution in [2.24, 2.45) is 0 Å². The van der Waals surface area contributed by atoms with E-state index in [2.05, 4.69) is 12.1 Å². The summed E-state index contributed by atoms with van der Waals surface area (Å²) in [5.74, 6) is 2.14. The van der Waals surface area contributed by atoms with Gasteiger partial charge in [0.05, 0.1) is 20.8 Å². The summed E-state index contributed by atoms with van der Waals surface area (Å²) >= 11 is 0. The number of hydrogen-bond acceptors (Lipinski definition) is 5. The van der Waals surface area contributed by atoms with Crippen molar-refractivity contribution in [3.8, 4) is 28.7 Å². The Bertz CT molecular complexity index is 1030. The molecule has 0 amide bonds. The highest BCUT2D eigenvalue weighted by atomic mass is 16.5. The third-order valence-corrected chi connectivity index (χ3v) is 5.65. The van der Waals surface area contributed by atoms with Gasteiger partial charge in [-0.3, -0.25) is 0 Å². The Labute approximate surface area is 170 Å². The number of rotatable bonds is 4. The first-order valence-corrected chi connectivity index (χ1v) is 9.49. The second-order valence-electron chi connectivity index (χ2n) is 7.23. The van der Waals surface area contributed by atoms with E-state index in [1.807, 2.05) is 37.3 Å². The average Bonchev–Trinajstić information content (AvgIpc) is 2.75. The van der Waals surface area contributed by atoms with Gasteiger partial charge in [-0.15, -0.1) is 0 Å². The number of benzene rings is 3. The van der Waals surface area contributed by atoms with Crippen molar-refractivity contribution < 1.29 is 24.4 Å². The number of fused-ring (bicyclic) bond motifs is 1. The summed E-state index contributed by atoms with van der Waals surface area (Å²) in [6.07, 6.45) is 0. The minimum Gasteiger partial charge on any atom is -0.504 e. The number of hydrogen-bond donors (Lipinski definition) is 2. The van der Waals surface area contributed by atoms with Gasteiger partial charge in [-0.05, 0) is 48.4 Å². The van der Waals surface area contributed by atoms with Gasteiger partial charge in [0.2, 0.25) is 0 Å². The largest absolute Gasteiger partial charge is 0.504 e. The van der Waals surface area contributed by atoms with Crippen LogP contribution in [-0.4, -0.2) is 31.0 Å². The number of phenols is 2. The number of methoxy groups -OCH3 is 2. The molecule has 5 heteroatoms. The van der Waals surface area contributed by atoms with Gasteiger partial charge in [0, 0.05) is 23.0 Å². The van der Waals surface area contributed by atoms with Crippen molar-refractivity contribution in [1.82, 2.24) is 0 Å². The zero-order chi connectivity index (χ0) is 20.5. The van der Waals surface area contributed by atoms with E-state index in [9.17, 15) is 10.2 Å². The number of phenolic OH excluding ortho intramolecular Hbond substituents is 2. The third kappa shape index (κ3) is 3.33. The Morgan fingerprint density at radius 1 is 0.862 bits per heavy atom. The predicted octanol–water partition coefficient (Wildman–Crippen LogP) is 4.73. The highest BCUT2D eigenvalue weighted by molar-refractivity contribution is 5.56. The molecule has 0 spiro atoms. The summed E-state index contributed by atoms with van der Waals surface area (Å²) in [7, 11) is 3.30. The van der Waals surface area contributed by atoms with E-state index in [-0.39, 0.29) is 23.3 Å². The van der Waals surface area contributed by atoms with Gasteiger partial charge < -0.3 is 24.4 Å². The maximum absolute atomic E-state index is 10.0. The molecule has 150 valence electrons. The highest BCUT2D eigenvalue weighted by Crippen LogP contribution is 2.49. The fraction of sp³-hybridized carbons (Fsp3) is 0.250. The van der Waals surface area contributed by atoms with E-state index in [1.165, 1.54) is 6.07 Å². The molecule has 0 saturated heterocycles. The molecule has 1 aliphatic heterocycles. The maximum atomic E-state index is 10.0. The lowest BCUT2D eigenvalue weighted by atomic mass is 9.75. The van der Waals surface area contributed by atoms with Crippen molar-refractivity contribution in [1.29, 1.82) is 0 Å². The van der Waals surface area contributed by atoms with Crippen molar-refractivity contribution >= 4 is 0 Å². The molecule has 0 aliphatic carbocycles. The molecule has 1 aliphatic rings. The zero-order valence-corrected chi connectivity index (χ0v) is 16.7. The molecule has 0 radical (unpaired) electrons. The molecule has 0 fully saturated rings. The first-order chi connectivity index (χ1) is 14.0. The smallest absolute Gasteiger partial charge is 0.157 e. The van der Waals surface area contributed by atoms with Crippen LogP contribution in [0.2, 0.25) is 0 Å². The summed E-state index contributed by atoms with van der Waals surface area (Å²) in [6.45, 7) is 2.44. The molecular weight excluding hydrogens is 368 g/mol. The van der Waals surface area contributed by atoms with Crippen LogP contribution in [0.3, 0.4) is 0 Å². The van der Waals surface area contributed by atoms with Gasteiger partial charge in [0.25, 0.3) is 0 Å². The van der Waals surface area contributed by atoms with Crippen LogP contribution in [0.4, 0.5) is 0 Å². The van der Waals surface area contributed by atoms with Crippen molar-refractivity contribution in [3.05, 3.63) is 76.9 Å². The van der Waals surface area contributed by atoms with Gasteiger partial charge in [-0.1, -0.05) is 24.3 Å². The molecule has 0 bridgehead atoms. The van der Waals surface area contributed by atoms with Crippen LogP contribution in [0.1, 0.15) is 34.1 Å². The molecule has 3 aromatic rings. The first-order valence-electron chi connectivity index (χ1n) is 9.49. The van der Waals surface area contributed by atoms with E-state index in [0.717, 1.165) is 39.5 Å². The van der Waals surface area contributed by atoms with Gasteiger partial charge in [0.15, 0.2) is 11.5 Å². The molecule has 2 atom stereocenters. The van der Waals surface area contributed by atoms with Gasteiger partial charge >= 0.3 is 0 Å². The summed E-state index contributed by atoms with van der Waals surface area (Å²) < 4.78 is 17.0. The lowest BCUT2D eigenvalue weighted by Crippen LogP contribution is -2.26. The Balaban J connectivity index is 1.87. The van der Waals surface area contributed by atoms with Gasteiger partial charge in [0.1, 0.15) is 17.2 Å². The topological polar surface area (TPSA) is 68.2 Å². The van der Waals surface area contributed by atoms with E-state index < -0.39 is 0 Å². The minimum atomic E-state index is -0.132. The quantitative estimate of drug-likeness (QED) is 0.628. The number of ether oxygens (including phenoxy) is 3. The van der Waals surface area contributed by atoms with Crippen LogP contribution < -0.4 is 14.2 Å². The van der Waals surface area contributed by atoms with E-state index in [4.69, 9.17) is 14.2 Å². The first kappa shape index (κ1) is 19.0. The second kappa shape index (κ2) is 7.59. The Morgan fingerprint density at radius 3 is 2.24 bits per heavy atom. The Hall–Kier alpha value is -3.34. The van der Waals surface area contributed by atoms with Crippen molar-refractivity contribution in [2.45, 2.75) is 18.8 Å². The predicted molar refractivity (Wildman–Crippen MR) is 111 cm³/mol. The minimum absolute atomic E-state index is 0.0122. The van der Waals surface area contributed by atoms with Gasteiger partial charge in [-0.25, -0.2) is 0 Å². The van der Waals surface area contributed by atoms with E-state index >= 15 is 0 Å². The van der Waals surface area contributed by atoms with Crippen molar-refractivity contribution in [2.75, 3.05) is 20.8 Å². The molecule has 0 saturated carbocycles. The van der Waals surface area contributed by atoms with Gasteiger partial charge in [-0.2, -0.15) is 0 Å². The van der Waals surface area contributed by atoms with Crippen LogP contribution >= 0.6 is 0 Å². The molecule has 2 N–H and O–H groups in total. The normalized spacial score (nSPS) is 17.9. The molecule has 29 heavy (non-hydrogen) atoms. The van der Waals surface area contributed by atoms with Crippen LogP contribution in [-0.2, 0) is 0 Å². The fourth-order valence-corrected chi connectivity index (χ4v) is 4.12. The molecule has 4 rings (SSSR count). The third-order valence-electron chi connectivity index (χ3n) is 5.65. The molecular formula is C24H24O5. The van der Waals surface area contributed by atoms with E-state index in [0.29, 0.717) is 6.61 Å². The van der Waals surface area contributed by atoms with E-state index in [1.54, 1.807) is 20.3 Å². The second-order valence-corrected chi connectivity index (χ2v) is 7.23. The Morgan fingerprint density at radius 2 is 1.59 bits per heavy atom. The zero-order valence-electron chi connectivity index (χ0n) is 16.7. The standard InChI is InChI=1S/C24H24O5/c1-14-22(28-3)11-9-18-23(15-4-7-17(27-2)8-5-15)19(13-29-24(14)18)16-6-10-20(25)21(26)12-16/h4-12,19,23,25-26H,13H2,1-3H3. The lowest BCUT2D eigenvalue weighted by molar-refractivity contribution is 0.245. The fourth-order valence-electron chi connectivity index (χ4n) is 4.12. The molecule has 5 nitrogen and oxygen atoms in total. The van der Waals surface area contributed by atoms with Crippen LogP contribution in [0.5, 0.6) is 28.7 Å². The maximum Gasteiger partial charge on any atom is 0.157 e. The molecule has 2 unspecified atom stereocenters. The monoisotopic (exact) mass is 392 g/mol. The SMILES string of the molecule is COc1ccc(C2c3ccc(OC)c(C)c3OCC2c2ccc(O)c(O)c2)cc1. The highest BCUT2D eigenvalue weighted by Gasteiger charge is 2.35. The Kier molecular flexibility index (Phi) is 4.97. The molecule has 1 heterocycles. The van der Waals surface area contributed by atoms with Crippen molar-refractivity contribution in [3.63, 3.8) is 0 Å². The molecule has 3 aromatic carbocycles.